The van der Waals surface area contributed by atoms with Crippen LogP contribution in [-0.2, 0) is 0 Å². The highest BCUT2D eigenvalue weighted by Gasteiger charge is 2.38. The summed E-state index contributed by atoms with van der Waals surface area (Å²) >= 11 is 0. The minimum atomic E-state index is 0.400. The second kappa shape index (κ2) is 5.71. The van der Waals surface area contributed by atoms with Crippen molar-refractivity contribution in [3.8, 4) is 0 Å². The fraction of sp³-hybridized carbons (Fsp3) is 1.00. The molecule has 2 atom stereocenters. The van der Waals surface area contributed by atoms with Crippen molar-refractivity contribution in [2.75, 3.05) is 19.6 Å². The van der Waals surface area contributed by atoms with E-state index >= 15 is 0 Å². The van der Waals surface area contributed by atoms with Crippen LogP contribution in [0.25, 0.3) is 0 Å². The Labute approximate surface area is 107 Å². The first-order valence-electron chi connectivity index (χ1n) is 7.62. The first-order chi connectivity index (χ1) is 8.14. The van der Waals surface area contributed by atoms with Crippen LogP contribution in [0.5, 0.6) is 0 Å². The molecule has 100 valence electrons. The van der Waals surface area contributed by atoms with Gasteiger partial charge in [0.2, 0.25) is 0 Å². The van der Waals surface area contributed by atoms with Crippen LogP contribution >= 0.6 is 0 Å². The first kappa shape index (κ1) is 13.4. The van der Waals surface area contributed by atoms with Crippen molar-refractivity contribution in [2.45, 2.75) is 64.8 Å². The van der Waals surface area contributed by atoms with E-state index < -0.39 is 0 Å². The maximum Gasteiger partial charge on any atom is 0.0105 e. The number of rotatable bonds is 4. The molecule has 2 heteroatoms. The van der Waals surface area contributed by atoms with Crippen molar-refractivity contribution in [1.82, 2.24) is 4.90 Å². The molecule has 17 heavy (non-hydrogen) atoms. The van der Waals surface area contributed by atoms with Crippen LogP contribution in [0.4, 0.5) is 0 Å². The molecule has 1 heterocycles. The molecule has 2 fully saturated rings. The molecule has 0 bridgehead atoms. The molecule has 0 radical (unpaired) electrons. The molecule has 1 aliphatic heterocycles. The van der Waals surface area contributed by atoms with E-state index in [4.69, 9.17) is 5.73 Å². The maximum absolute atomic E-state index is 6.28. The van der Waals surface area contributed by atoms with Gasteiger partial charge in [-0.2, -0.15) is 0 Å². The quantitative estimate of drug-likeness (QED) is 0.816. The summed E-state index contributed by atoms with van der Waals surface area (Å²) in [6.07, 6.45) is 9.53. The molecule has 0 aromatic heterocycles. The predicted octanol–water partition coefficient (Wildman–Crippen LogP) is 3.02. The number of nitrogens with zero attached hydrogens (tertiary/aromatic N) is 1. The fourth-order valence-corrected chi connectivity index (χ4v) is 3.81. The summed E-state index contributed by atoms with van der Waals surface area (Å²) in [5.74, 6) is 1.00. The topological polar surface area (TPSA) is 29.3 Å². The third-order valence-electron chi connectivity index (χ3n) is 5.15. The van der Waals surface area contributed by atoms with Gasteiger partial charge in [-0.25, -0.2) is 0 Å². The largest absolute Gasteiger partial charge is 0.327 e. The van der Waals surface area contributed by atoms with Gasteiger partial charge in [-0.15, -0.1) is 0 Å². The average molecular weight is 238 g/mol. The molecule has 2 rings (SSSR count). The Kier molecular flexibility index (Phi) is 4.48. The Bertz CT molecular complexity index is 233. The van der Waals surface area contributed by atoms with Gasteiger partial charge in [0.1, 0.15) is 0 Å². The Hall–Kier alpha value is -0.0800. The second-order valence-electron chi connectivity index (χ2n) is 6.66. The molecule has 2 N–H and O–H groups in total. The summed E-state index contributed by atoms with van der Waals surface area (Å²) in [6.45, 7) is 8.58. The molecule has 0 aromatic rings. The zero-order valence-corrected chi connectivity index (χ0v) is 11.8. The van der Waals surface area contributed by atoms with E-state index in [1.54, 1.807) is 0 Å². The Balaban J connectivity index is 1.78. The van der Waals surface area contributed by atoms with Crippen LogP contribution in [0.1, 0.15) is 58.8 Å². The van der Waals surface area contributed by atoms with Crippen LogP contribution < -0.4 is 5.73 Å². The number of hydrogen-bond donors (Lipinski definition) is 1. The second-order valence-corrected chi connectivity index (χ2v) is 6.66. The summed E-state index contributed by atoms with van der Waals surface area (Å²) < 4.78 is 0. The number of likely N-dealkylation sites (tertiary alicyclic amines) is 1. The van der Waals surface area contributed by atoms with Crippen LogP contribution in [0.15, 0.2) is 0 Å². The normalized spacial score (nSPS) is 36.5. The number of piperidine rings is 1. The maximum atomic E-state index is 6.28. The highest BCUT2D eigenvalue weighted by atomic mass is 15.1. The van der Waals surface area contributed by atoms with Gasteiger partial charge in [0.15, 0.2) is 0 Å². The minimum absolute atomic E-state index is 0.400. The SMILES string of the molecule is CCCC1CCN(CC2(C)CCCC2N)CC1. The molecule has 0 amide bonds. The molecule has 2 aliphatic rings. The van der Waals surface area contributed by atoms with E-state index in [0.717, 1.165) is 5.92 Å². The van der Waals surface area contributed by atoms with Gasteiger partial charge in [-0.05, 0) is 50.1 Å². The van der Waals surface area contributed by atoms with Gasteiger partial charge in [0, 0.05) is 12.6 Å². The third kappa shape index (κ3) is 3.23. The molecule has 0 spiro atoms. The van der Waals surface area contributed by atoms with Gasteiger partial charge in [-0.1, -0.05) is 33.1 Å². The van der Waals surface area contributed by atoms with E-state index in [-0.39, 0.29) is 0 Å². The summed E-state index contributed by atoms with van der Waals surface area (Å²) in [4.78, 5) is 2.68. The van der Waals surface area contributed by atoms with E-state index in [9.17, 15) is 0 Å². The van der Waals surface area contributed by atoms with Crippen molar-refractivity contribution < 1.29 is 0 Å². The Morgan fingerprint density at radius 1 is 1.24 bits per heavy atom. The summed E-state index contributed by atoms with van der Waals surface area (Å²) in [5.41, 5.74) is 6.68. The zero-order valence-electron chi connectivity index (χ0n) is 11.8. The number of hydrogen-bond acceptors (Lipinski definition) is 2. The van der Waals surface area contributed by atoms with E-state index in [2.05, 4.69) is 18.7 Å². The standard InChI is InChI=1S/C15H30N2/c1-3-5-13-7-10-17(11-8-13)12-15(2)9-4-6-14(15)16/h13-14H,3-12,16H2,1-2H3. The van der Waals surface area contributed by atoms with Gasteiger partial charge < -0.3 is 10.6 Å². The van der Waals surface area contributed by atoms with Gasteiger partial charge >= 0.3 is 0 Å². The third-order valence-corrected chi connectivity index (χ3v) is 5.15. The van der Waals surface area contributed by atoms with Gasteiger partial charge in [0.05, 0.1) is 0 Å². The lowest BCUT2D eigenvalue weighted by Crippen LogP contribution is -2.46. The lowest BCUT2D eigenvalue weighted by Gasteiger charge is -2.39. The lowest BCUT2D eigenvalue weighted by atomic mass is 9.83. The van der Waals surface area contributed by atoms with Crippen LogP contribution in [0, 0.1) is 11.3 Å². The summed E-state index contributed by atoms with van der Waals surface area (Å²) in [7, 11) is 0. The summed E-state index contributed by atoms with van der Waals surface area (Å²) in [5, 5.41) is 0. The van der Waals surface area contributed by atoms with Crippen LogP contribution in [0.3, 0.4) is 0 Å². The van der Waals surface area contributed by atoms with Crippen molar-refractivity contribution in [2.24, 2.45) is 17.1 Å². The van der Waals surface area contributed by atoms with E-state index in [1.165, 1.54) is 64.6 Å². The molecule has 0 aromatic carbocycles. The van der Waals surface area contributed by atoms with Crippen molar-refractivity contribution in [3.05, 3.63) is 0 Å². The monoisotopic (exact) mass is 238 g/mol. The first-order valence-corrected chi connectivity index (χ1v) is 7.62. The average Bonchev–Trinajstić information content (AvgIpc) is 2.62. The molecule has 2 unspecified atom stereocenters. The highest BCUT2D eigenvalue weighted by Crippen LogP contribution is 2.38. The molecule has 2 nitrogen and oxygen atoms in total. The molecule has 1 aliphatic carbocycles. The zero-order chi connectivity index (χ0) is 12.3. The van der Waals surface area contributed by atoms with Gasteiger partial charge in [-0.3, -0.25) is 0 Å². The molecular formula is C15H30N2. The molecule has 1 saturated heterocycles. The smallest absolute Gasteiger partial charge is 0.0105 e. The fourth-order valence-electron chi connectivity index (χ4n) is 3.81. The van der Waals surface area contributed by atoms with Crippen LogP contribution in [-0.4, -0.2) is 30.6 Å². The minimum Gasteiger partial charge on any atom is -0.327 e. The van der Waals surface area contributed by atoms with Crippen molar-refractivity contribution >= 4 is 0 Å². The Morgan fingerprint density at radius 2 is 1.94 bits per heavy atom. The van der Waals surface area contributed by atoms with Crippen molar-refractivity contribution in [3.63, 3.8) is 0 Å². The lowest BCUT2D eigenvalue weighted by molar-refractivity contribution is 0.110. The van der Waals surface area contributed by atoms with Crippen LogP contribution in [0.2, 0.25) is 0 Å². The number of nitrogens with two attached hydrogens (primary N) is 1. The van der Waals surface area contributed by atoms with Crippen molar-refractivity contribution in [1.29, 1.82) is 0 Å². The Morgan fingerprint density at radius 3 is 2.47 bits per heavy atom. The molecule has 1 saturated carbocycles. The van der Waals surface area contributed by atoms with E-state index in [1.807, 2.05) is 0 Å². The summed E-state index contributed by atoms with van der Waals surface area (Å²) in [6, 6.07) is 0.441. The van der Waals surface area contributed by atoms with E-state index in [0.29, 0.717) is 11.5 Å². The molecular weight excluding hydrogens is 208 g/mol. The predicted molar refractivity (Wildman–Crippen MR) is 74.0 cm³/mol. The van der Waals surface area contributed by atoms with Gasteiger partial charge in [0.25, 0.3) is 0 Å². The highest BCUT2D eigenvalue weighted by molar-refractivity contribution is 4.94.